The van der Waals surface area contributed by atoms with Crippen molar-refractivity contribution in [2.75, 3.05) is 13.1 Å². The Morgan fingerprint density at radius 1 is 1.16 bits per heavy atom. The predicted molar refractivity (Wildman–Crippen MR) is 82.2 cm³/mol. The van der Waals surface area contributed by atoms with Crippen LogP contribution in [0.25, 0.3) is 0 Å². The largest absolute Gasteiger partial charge is 0.297 e. The van der Waals surface area contributed by atoms with E-state index >= 15 is 0 Å². The summed E-state index contributed by atoms with van der Waals surface area (Å²) in [5.41, 5.74) is 0.211. The molecule has 0 saturated heterocycles. The molecular formula is C15H21Cl2NO. The van der Waals surface area contributed by atoms with Crippen LogP contribution in [0.4, 0.5) is 0 Å². The van der Waals surface area contributed by atoms with Gasteiger partial charge >= 0.3 is 0 Å². The van der Waals surface area contributed by atoms with Gasteiger partial charge in [0.15, 0.2) is 5.78 Å². The molecule has 0 N–H and O–H groups in total. The quantitative estimate of drug-likeness (QED) is 0.784. The lowest BCUT2D eigenvalue weighted by Crippen LogP contribution is -2.50. The molecule has 0 aromatic heterocycles. The van der Waals surface area contributed by atoms with Crippen LogP contribution in [0.3, 0.4) is 0 Å². The van der Waals surface area contributed by atoms with Gasteiger partial charge in [-0.1, -0.05) is 43.1 Å². The molecule has 0 bridgehead atoms. The lowest BCUT2D eigenvalue weighted by atomic mass is 9.91. The summed E-state index contributed by atoms with van der Waals surface area (Å²) in [5, 5.41) is 1.10. The molecule has 2 nitrogen and oxygen atoms in total. The van der Waals surface area contributed by atoms with Crippen LogP contribution in [0.5, 0.6) is 0 Å². The van der Waals surface area contributed by atoms with Gasteiger partial charge in [0.25, 0.3) is 0 Å². The van der Waals surface area contributed by atoms with Crippen LogP contribution < -0.4 is 0 Å². The molecule has 0 amide bonds. The number of Topliss-reactive ketones (excluding diaryl/α,β-unsaturated/α-hetero) is 1. The minimum Gasteiger partial charge on any atom is -0.297 e. The SMILES string of the molecule is CCN(CC)C(C)(C)C(=O)Cc1c(Cl)cccc1Cl. The van der Waals surface area contributed by atoms with Gasteiger partial charge in [0, 0.05) is 16.5 Å². The third-order valence-corrected chi connectivity index (χ3v) is 4.34. The molecule has 106 valence electrons. The van der Waals surface area contributed by atoms with E-state index in [1.54, 1.807) is 18.2 Å². The summed E-state index contributed by atoms with van der Waals surface area (Å²) in [4.78, 5) is 14.7. The molecule has 1 rings (SSSR count). The van der Waals surface area contributed by atoms with E-state index in [4.69, 9.17) is 23.2 Å². The van der Waals surface area contributed by atoms with Gasteiger partial charge < -0.3 is 0 Å². The van der Waals surface area contributed by atoms with Crippen LogP contribution in [0.15, 0.2) is 18.2 Å². The highest BCUT2D eigenvalue weighted by atomic mass is 35.5. The molecule has 0 heterocycles. The van der Waals surface area contributed by atoms with Gasteiger partial charge in [-0.05, 0) is 44.6 Å². The molecule has 1 aromatic rings. The zero-order valence-corrected chi connectivity index (χ0v) is 13.5. The molecule has 0 aliphatic carbocycles. The number of carbonyl (C=O) groups excluding carboxylic acids is 1. The molecule has 0 spiro atoms. The monoisotopic (exact) mass is 301 g/mol. The average Bonchev–Trinajstić information content (AvgIpc) is 2.34. The third-order valence-electron chi connectivity index (χ3n) is 3.64. The number of ketones is 1. The minimum atomic E-state index is -0.508. The van der Waals surface area contributed by atoms with Crippen LogP contribution in [-0.4, -0.2) is 29.3 Å². The van der Waals surface area contributed by atoms with E-state index in [0.717, 1.165) is 18.7 Å². The Hall–Kier alpha value is -0.570. The van der Waals surface area contributed by atoms with Gasteiger partial charge in [-0.2, -0.15) is 0 Å². The first-order valence-corrected chi connectivity index (χ1v) is 7.31. The van der Waals surface area contributed by atoms with Crippen molar-refractivity contribution in [1.29, 1.82) is 0 Å². The van der Waals surface area contributed by atoms with Crippen LogP contribution in [0.2, 0.25) is 10.0 Å². The second kappa shape index (κ2) is 6.74. The Labute approximate surface area is 125 Å². The number of likely N-dealkylation sites (N-methyl/N-ethyl adjacent to an activating group) is 1. The first kappa shape index (κ1) is 16.5. The van der Waals surface area contributed by atoms with E-state index in [1.807, 2.05) is 13.8 Å². The fourth-order valence-electron chi connectivity index (χ4n) is 2.27. The zero-order chi connectivity index (χ0) is 14.6. The van der Waals surface area contributed by atoms with E-state index in [1.165, 1.54) is 0 Å². The summed E-state index contributed by atoms with van der Waals surface area (Å²) in [6.45, 7) is 9.69. The molecule has 0 aliphatic heterocycles. The zero-order valence-electron chi connectivity index (χ0n) is 12.0. The van der Waals surface area contributed by atoms with Gasteiger partial charge in [0.1, 0.15) is 0 Å². The van der Waals surface area contributed by atoms with Gasteiger partial charge in [0.05, 0.1) is 5.54 Å². The van der Waals surface area contributed by atoms with E-state index in [-0.39, 0.29) is 12.2 Å². The molecule has 19 heavy (non-hydrogen) atoms. The van der Waals surface area contributed by atoms with Gasteiger partial charge in [0.2, 0.25) is 0 Å². The van der Waals surface area contributed by atoms with Gasteiger partial charge in [-0.3, -0.25) is 9.69 Å². The van der Waals surface area contributed by atoms with Gasteiger partial charge in [-0.15, -0.1) is 0 Å². The van der Waals surface area contributed by atoms with Crippen molar-refractivity contribution >= 4 is 29.0 Å². The number of hydrogen-bond donors (Lipinski definition) is 0. The Kier molecular flexibility index (Phi) is 5.84. The van der Waals surface area contributed by atoms with Crippen molar-refractivity contribution in [2.24, 2.45) is 0 Å². The third kappa shape index (κ3) is 3.71. The molecule has 0 saturated carbocycles. The summed E-state index contributed by atoms with van der Waals surface area (Å²) in [7, 11) is 0. The highest BCUT2D eigenvalue weighted by Crippen LogP contribution is 2.27. The number of hydrogen-bond acceptors (Lipinski definition) is 2. The van der Waals surface area contributed by atoms with Crippen LogP contribution in [-0.2, 0) is 11.2 Å². The molecule has 0 radical (unpaired) electrons. The van der Waals surface area contributed by atoms with Crippen molar-refractivity contribution in [3.63, 3.8) is 0 Å². The second-order valence-corrected chi connectivity index (χ2v) is 5.85. The van der Waals surface area contributed by atoms with Crippen molar-refractivity contribution in [2.45, 2.75) is 39.7 Å². The van der Waals surface area contributed by atoms with Crippen LogP contribution in [0, 0.1) is 0 Å². The maximum absolute atomic E-state index is 12.5. The summed E-state index contributed by atoms with van der Waals surface area (Å²) in [6, 6.07) is 5.31. The fraction of sp³-hybridized carbons (Fsp3) is 0.533. The number of carbonyl (C=O) groups is 1. The van der Waals surface area contributed by atoms with E-state index < -0.39 is 5.54 Å². The molecule has 1 aromatic carbocycles. The Balaban J connectivity index is 2.96. The summed E-state index contributed by atoms with van der Waals surface area (Å²) in [6.07, 6.45) is 0.266. The van der Waals surface area contributed by atoms with Crippen molar-refractivity contribution < 1.29 is 4.79 Å². The number of nitrogens with zero attached hydrogens (tertiary/aromatic N) is 1. The van der Waals surface area contributed by atoms with E-state index in [2.05, 4.69) is 18.7 Å². The standard InChI is InChI=1S/C15H21Cl2NO/c1-5-18(6-2)15(3,4)14(19)10-11-12(16)8-7-9-13(11)17/h7-9H,5-6,10H2,1-4H3. The molecule has 0 aliphatic rings. The number of halogens is 2. The first-order valence-electron chi connectivity index (χ1n) is 6.55. The summed E-state index contributed by atoms with van der Waals surface area (Å²) < 4.78 is 0. The molecule has 0 unspecified atom stereocenters. The lowest BCUT2D eigenvalue weighted by Gasteiger charge is -2.36. The Morgan fingerprint density at radius 3 is 2.05 bits per heavy atom. The fourth-order valence-corrected chi connectivity index (χ4v) is 2.80. The molecule has 0 fully saturated rings. The molecule has 4 heteroatoms. The lowest BCUT2D eigenvalue weighted by molar-refractivity contribution is -0.128. The molecular weight excluding hydrogens is 281 g/mol. The maximum atomic E-state index is 12.5. The Morgan fingerprint density at radius 2 is 1.63 bits per heavy atom. The van der Waals surface area contributed by atoms with Crippen LogP contribution in [0.1, 0.15) is 33.3 Å². The first-order chi connectivity index (χ1) is 8.84. The Bertz CT molecular complexity index is 433. The number of rotatable bonds is 6. The average molecular weight is 302 g/mol. The topological polar surface area (TPSA) is 20.3 Å². The van der Waals surface area contributed by atoms with E-state index in [0.29, 0.717) is 10.0 Å². The molecule has 0 atom stereocenters. The smallest absolute Gasteiger partial charge is 0.156 e. The van der Waals surface area contributed by atoms with Crippen molar-refractivity contribution in [3.05, 3.63) is 33.8 Å². The van der Waals surface area contributed by atoms with Crippen LogP contribution >= 0.6 is 23.2 Å². The number of benzene rings is 1. The van der Waals surface area contributed by atoms with Crippen molar-refractivity contribution in [3.8, 4) is 0 Å². The summed E-state index contributed by atoms with van der Waals surface area (Å²) >= 11 is 12.2. The highest BCUT2D eigenvalue weighted by Gasteiger charge is 2.32. The summed E-state index contributed by atoms with van der Waals surface area (Å²) in [5.74, 6) is 0.131. The minimum absolute atomic E-state index is 0.131. The predicted octanol–water partition coefficient (Wildman–Crippen LogP) is 4.23. The normalized spacial score (nSPS) is 11.9. The van der Waals surface area contributed by atoms with Gasteiger partial charge in [-0.25, -0.2) is 0 Å². The highest BCUT2D eigenvalue weighted by molar-refractivity contribution is 6.36. The maximum Gasteiger partial charge on any atom is 0.156 e. The van der Waals surface area contributed by atoms with E-state index in [9.17, 15) is 4.79 Å². The second-order valence-electron chi connectivity index (χ2n) is 5.03. The van der Waals surface area contributed by atoms with Crippen molar-refractivity contribution in [1.82, 2.24) is 4.90 Å².